The second-order valence-electron chi connectivity index (χ2n) is 6.12. The Morgan fingerprint density at radius 3 is 2.77 bits per heavy atom. The Hall–Kier alpha value is -2.24. The number of carbonyl (C=O) groups is 1. The molecule has 1 N–H and O–H groups in total. The lowest BCUT2D eigenvalue weighted by Crippen LogP contribution is -2.36. The Kier molecular flexibility index (Phi) is 6.36. The summed E-state index contributed by atoms with van der Waals surface area (Å²) in [6, 6.07) is 13.4. The number of aryl methyl sites for hydroxylation is 1. The number of ether oxygens (including phenoxy) is 2. The van der Waals surface area contributed by atoms with Gasteiger partial charge in [-0.05, 0) is 36.2 Å². The van der Waals surface area contributed by atoms with Gasteiger partial charge in [-0.2, -0.15) is 0 Å². The lowest BCUT2D eigenvalue weighted by Gasteiger charge is -2.29. The number of nitrogens with one attached hydrogen (secondary N) is 1. The Morgan fingerprint density at radius 1 is 1.23 bits per heavy atom. The average Bonchev–Trinajstić information content (AvgIpc) is 2.69. The summed E-state index contributed by atoms with van der Waals surface area (Å²) in [6.45, 7) is 3.10. The lowest BCUT2D eigenvalue weighted by atomic mass is 10.1. The molecule has 0 spiro atoms. The van der Waals surface area contributed by atoms with E-state index in [2.05, 4.69) is 10.2 Å². The fourth-order valence-corrected chi connectivity index (χ4v) is 3.16. The van der Waals surface area contributed by atoms with Crippen molar-refractivity contribution in [2.24, 2.45) is 0 Å². The van der Waals surface area contributed by atoms with Crippen LogP contribution in [-0.2, 0) is 16.0 Å². The van der Waals surface area contributed by atoms with Crippen molar-refractivity contribution in [3.63, 3.8) is 0 Å². The maximum absolute atomic E-state index is 12.4. The van der Waals surface area contributed by atoms with Gasteiger partial charge >= 0.3 is 0 Å². The van der Waals surface area contributed by atoms with Gasteiger partial charge in [-0.25, -0.2) is 0 Å². The fraction of sp³-hybridized carbons (Fsp3) is 0.350. The van der Waals surface area contributed by atoms with E-state index in [0.29, 0.717) is 36.8 Å². The molecule has 0 saturated carbocycles. The molecule has 6 heteroatoms. The quantitative estimate of drug-likeness (QED) is 0.836. The topological polar surface area (TPSA) is 50.8 Å². The molecule has 1 fully saturated rings. The fourth-order valence-electron chi connectivity index (χ4n) is 3.00. The lowest BCUT2D eigenvalue weighted by molar-refractivity contribution is -0.116. The molecule has 2 aromatic carbocycles. The number of para-hydroxylation sites is 1. The van der Waals surface area contributed by atoms with Crippen molar-refractivity contribution < 1.29 is 14.3 Å². The zero-order valence-corrected chi connectivity index (χ0v) is 15.6. The van der Waals surface area contributed by atoms with Crippen molar-refractivity contribution in [3.8, 4) is 5.75 Å². The van der Waals surface area contributed by atoms with Gasteiger partial charge in [-0.1, -0.05) is 29.8 Å². The number of rotatable bonds is 6. The monoisotopic (exact) mass is 374 g/mol. The van der Waals surface area contributed by atoms with Crippen LogP contribution in [0.25, 0.3) is 0 Å². The van der Waals surface area contributed by atoms with E-state index in [4.69, 9.17) is 21.1 Å². The van der Waals surface area contributed by atoms with Gasteiger partial charge in [0.05, 0.1) is 31.0 Å². The maximum atomic E-state index is 12.4. The van der Waals surface area contributed by atoms with Crippen LogP contribution in [0.5, 0.6) is 5.75 Å². The second kappa shape index (κ2) is 8.92. The highest BCUT2D eigenvalue weighted by atomic mass is 35.5. The minimum atomic E-state index is -0.0723. The molecule has 1 heterocycles. The highest BCUT2D eigenvalue weighted by molar-refractivity contribution is 6.33. The molecule has 1 saturated heterocycles. The molecule has 0 bridgehead atoms. The van der Waals surface area contributed by atoms with Crippen LogP contribution in [0.1, 0.15) is 12.0 Å². The van der Waals surface area contributed by atoms with Crippen LogP contribution in [0.4, 0.5) is 11.4 Å². The first-order valence-corrected chi connectivity index (χ1v) is 9.09. The van der Waals surface area contributed by atoms with E-state index in [1.807, 2.05) is 42.5 Å². The van der Waals surface area contributed by atoms with E-state index >= 15 is 0 Å². The molecule has 26 heavy (non-hydrogen) atoms. The summed E-state index contributed by atoms with van der Waals surface area (Å²) in [5.74, 6) is 0.726. The number of hydrogen-bond acceptors (Lipinski definition) is 4. The maximum Gasteiger partial charge on any atom is 0.224 e. The first-order chi connectivity index (χ1) is 12.7. The number of amides is 1. The summed E-state index contributed by atoms with van der Waals surface area (Å²) < 4.78 is 10.7. The van der Waals surface area contributed by atoms with Crippen LogP contribution >= 0.6 is 11.6 Å². The zero-order chi connectivity index (χ0) is 18.4. The third-order valence-electron chi connectivity index (χ3n) is 4.41. The van der Waals surface area contributed by atoms with E-state index < -0.39 is 0 Å². The SMILES string of the molecule is COc1ccccc1CCC(=O)Nc1cc(N2CCOCC2)ccc1Cl. The van der Waals surface area contributed by atoms with Gasteiger partial charge < -0.3 is 19.7 Å². The number of carbonyl (C=O) groups excluding carboxylic acids is 1. The number of hydrogen-bond donors (Lipinski definition) is 1. The Balaban J connectivity index is 1.63. The first kappa shape index (κ1) is 18.5. The Morgan fingerprint density at radius 2 is 2.00 bits per heavy atom. The smallest absolute Gasteiger partial charge is 0.224 e. The van der Waals surface area contributed by atoms with E-state index in [9.17, 15) is 4.79 Å². The van der Waals surface area contributed by atoms with E-state index in [0.717, 1.165) is 30.1 Å². The number of benzene rings is 2. The highest BCUT2D eigenvalue weighted by Gasteiger charge is 2.14. The molecule has 0 unspecified atom stereocenters. The van der Waals surface area contributed by atoms with Crippen LogP contribution in [0, 0.1) is 0 Å². The predicted molar refractivity (Wildman–Crippen MR) is 104 cm³/mol. The van der Waals surface area contributed by atoms with Crippen LogP contribution in [-0.4, -0.2) is 39.3 Å². The average molecular weight is 375 g/mol. The van der Waals surface area contributed by atoms with Crippen molar-refractivity contribution in [1.29, 1.82) is 0 Å². The Labute approximate surface area is 158 Å². The molecule has 0 aromatic heterocycles. The van der Waals surface area contributed by atoms with Crippen LogP contribution in [0.3, 0.4) is 0 Å². The Bertz CT molecular complexity index is 760. The van der Waals surface area contributed by atoms with Gasteiger partial charge in [0.25, 0.3) is 0 Å². The molecule has 2 aromatic rings. The van der Waals surface area contributed by atoms with Crippen molar-refractivity contribution in [2.75, 3.05) is 43.6 Å². The standard InChI is InChI=1S/C20H23ClN2O3/c1-25-19-5-3-2-4-15(19)6-9-20(24)22-18-14-16(7-8-17(18)21)23-10-12-26-13-11-23/h2-5,7-8,14H,6,9-13H2,1H3,(H,22,24). The van der Waals surface area contributed by atoms with Gasteiger partial charge in [0.15, 0.2) is 0 Å². The number of methoxy groups -OCH3 is 1. The number of anilines is 2. The molecule has 0 aliphatic carbocycles. The van der Waals surface area contributed by atoms with Gasteiger partial charge in [0.1, 0.15) is 5.75 Å². The molecule has 0 radical (unpaired) electrons. The van der Waals surface area contributed by atoms with Crippen molar-refractivity contribution in [1.82, 2.24) is 0 Å². The van der Waals surface area contributed by atoms with Crippen molar-refractivity contribution in [2.45, 2.75) is 12.8 Å². The predicted octanol–water partition coefficient (Wildman–Crippen LogP) is 3.76. The van der Waals surface area contributed by atoms with Gasteiger partial charge in [-0.15, -0.1) is 0 Å². The van der Waals surface area contributed by atoms with Gasteiger partial charge in [0.2, 0.25) is 5.91 Å². The summed E-state index contributed by atoms with van der Waals surface area (Å²) in [6.07, 6.45) is 0.967. The summed E-state index contributed by atoms with van der Waals surface area (Å²) in [5, 5.41) is 3.46. The van der Waals surface area contributed by atoms with Gasteiger partial charge in [0, 0.05) is 25.2 Å². The molecule has 138 valence electrons. The van der Waals surface area contributed by atoms with Crippen LogP contribution in [0.15, 0.2) is 42.5 Å². The third-order valence-corrected chi connectivity index (χ3v) is 4.74. The van der Waals surface area contributed by atoms with Crippen molar-refractivity contribution in [3.05, 3.63) is 53.1 Å². The second-order valence-corrected chi connectivity index (χ2v) is 6.53. The molecule has 1 amide bonds. The third kappa shape index (κ3) is 4.68. The van der Waals surface area contributed by atoms with Crippen molar-refractivity contribution >= 4 is 28.9 Å². The normalized spacial score (nSPS) is 14.2. The first-order valence-electron chi connectivity index (χ1n) is 8.71. The minimum Gasteiger partial charge on any atom is -0.496 e. The molecule has 1 aliphatic heterocycles. The highest BCUT2D eigenvalue weighted by Crippen LogP contribution is 2.28. The van der Waals surface area contributed by atoms with E-state index in [-0.39, 0.29) is 5.91 Å². The summed E-state index contributed by atoms with van der Waals surface area (Å²) in [5.41, 5.74) is 2.69. The molecule has 3 rings (SSSR count). The van der Waals surface area contributed by atoms with E-state index in [1.54, 1.807) is 7.11 Å². The molecular weight excluding hydrogens is 352 g/mol. The van der Waals surface area contributed by atoms with Gasteiger partial charge in [-0.3, -0.25) is 4.79 Å². The number of halogens is 1. The zero-order valence-electron chi connectivity index (χ0n) is 14.8. The molecule has 0 atom stereocenters. The summed E-state index contributed by atoms with van der Waals surface area (Å²) >= 11 is 6.27. The summed E-state index contributed by atoms with van der Waals surface area (Å²) in [4.78, 5) is 14.6. The van der Waals surface area contributed by atoms with Crippen LogP contribution < -0.4 is 15.0 Å². The largest absolute Gasteiger partial charge is 0.496 e. The summed E-state index contributed by atoms with van der Waals surface area (Å²) in [7, 11) is 1.63. The van der Waals surface area contributed by atoms with E-state index in [1.165, 1.54) is 0 Å². The molecule has 1 aliphatic rings. The minimum absolute atomic E-state index is 0.0723. The number of morpholine rings is 1. The molecular formula is C20H23ClN2O3. The van der Waals surface area contributed by atoms with Crippen LogP contribution in [0.2, 0.25) is 5.02 Å². The number of nitrogens with zero attached hydrogens (tertiary/aromatic N) is 1. The molecule has 5 nitrogen and oxygen atoms in total.